The van der Waals surface area contributed by atoms with E-state index in [-0.39, 0.29) is 5.97 Å². The van der Waals surface area contributed by atoms with Crippen LogP contribution in [0.5, 0.6) is 0 Å². The molecule has 0 saturated carbocycles. The smallest absolute Gasteiger partial charge is 0.333 e. The molecule has 22 heavy (non-hydrogen) atoms. The van der Waals surface area contributed by atoms with Crippen molar-refractivity contribution < 1.29 is 9.53 Å². The molecule has 1 atom stereocenters. The number of rotatable bonds is 15. The van der Waals surface area contributed by atoms with Gasteiger partial charge in [-0.1, -0.05) is 91.1 Å². The number of unbranched alkanes of at least 4 members (excludes halogenated alkanes) is 7. The highest BCUT2D eigenvalue weighted by molar-refractivity contribution is 5.86. The zero-order chi connectivity index (χ0) is 16.6. The zero-order valence-electron chi connectivity index (χ0n) is 15.3. The maximum Gasteiger partial charge on any atom is 0.333 e. The molecule has 0 aromatic heterocycles. The van der Waals surface area contributed by atoms with Crippen molar-refractivity contribution in [2.24, 2.45) is 5.92 Å². The van der Waals surface area contributed by atoms with Gasteiger partial charge < -0.3 is 4.74 Å². The Bertz CT molecular complexity index is 283. The van der Waals surface area contributed by atoms with E-state index in [1.807, 2.05) is 0 Å². The first kappa shape index (κ1) is 21.2. The van der Waals surface area contributed by atoms with Crippen molar-refractivity contribution in [3.8, 4) is 0 Å². The molecule has 0 aliphatic carbocycles. The first-order chi connectivity index (χ1) is 10.6. The van der Waals surface area contributed by atoms with Crippen LogP contribution in [-0.4, -0.2) is 12.6 Å². The van der Waals surface area contributed by atoms with Crippen molar-refractivity contribution in [1.82, 2.24) is 0 Å². The molecule has 0 N–H and O–H groups in total. The predicted molar refractivity (Wildman–Crippen MR) is 96.0 cm³/mol. The van der Waals surface area contributed by atoms with Crippen molar-refractivity contribution in [3.05, 3.63) is 12.2 Å². The predicted octanol–water partition coefficient (Wildman–Crippen LogP) is 6.44. The normalized spacial score (nSPS) is 12.1. The average Bonchev–Trinajstić information content (AvgIpc) is 2.50. The van der Waals surface area contributed by atoms with E-state index in [0.717, 1.165) is 6.42 Å². The van der Waals surface area contributed by atoms with Crippen molar-refractivity contribution in [2.75, 3.05) is 6.61 Å². The van der Waals surface area contributed by atoms with Gasteiger partial charge in [-0.3, -0.25) is 0 Å². The van der Waals surface area contributed by atoms with Gasteiger partial charge in [0.05, 0.1) is 6.61 Å². The lowest BCUT2D eigenvalue weighted by molar-refractivity contribution is -0.139. The standard InChI is InChI=1S/C20H38O2/c1-5-7-9-10-11-12-13-15-19(14-8-6-2)16-17-22-20(21)18(3)4/h19H,3,5-17H2,1-2,4H3. The molecular formula is C20H38O2. The second kappa shape index (κ2) is 15.1. The molecule has 0 rings (SSSR count). The summed E-state index contributed by atoms with van der Waals surface area (Å²) in [6, 6.07) is 0. The third-order valence-corrected chi connectivity index (χ3v) is 4.29. The summed E-state index contributed by atoms with van der Waals surface area (Å²) in [5.74, 6) is 0.471. The molecule has 0 aromatic carbocycles. The summed E-state index contributed by atoms with van der Waals surface area (Å²) in [6.07, 6.45) is 15.7. The maximum absolute atomic E-state index is 11.4. The summed E-state index contributed by atoms with van der Waals surface area (Å²) >= 11 is 0. The fourth-order valence-corrected chi connectivity index (χ4v) is 2.76. The Balaban J connectivity index is 3.77. The number of hydrogen-bond donors (Lipinski definition) is 0. The molecule has 0 fully saturated rings. The molecule has 0 spiro atoms. The maximum atomic E-state index is 11.4. The van der Waals surface area contributed by atoms with E-state index in [0.29, 0.717) is 18.1 Å². The van der Waals surface area contributed by atoms with Gasteiger partial charge in [0.25, 0.3) is 0 Å². The summed E-state index contributed by atoms with van der Waals surface area (Å²) in [5, 5.41) is 0. The lowest BCUT2D eigenvalue weighted by atomic mass is 9.92. The molecule has 0 bridgehead atoms. The Morgan fingerprint density at radius 1 is 0.864 bits per heavy atom. The molecule has 0 heterocycles. The van der Waals surface area contributed by atoms with Gasteiger partial charge in [0, 0.05) is 5.57 Å². The van der Waals surface area contributed by atoms with Crippen LogP contribution in [-0.2, 0) is 9.53 Å². The monoisotopic (exact) mass is 310 g/mol. The molecule has 0 saturated heterocycles. The van der Waals surface area contributed by atoms with Crippen LogP contribution in [0.15, 0.2) is 12.2 Å². The van der Waals surface area contributed by atoms with Gasteiger partial charge in [0.1, 0.15) is 0 Å². The highest BCUT2D eigenvalue weighted by Gasteiger charge is 2.10. The number of carbonyl (C=O) groups is 1. The lowest BCUT2D eigenvalue weighted by Gasteiger charge is -2.16. The van der Waals surface area contributed by atoms with E-state index in [9.17, 15) is 4.79 Å². The summed E-state index contributed by atoms with van der Waals surface area (Å²) in [6.45, 7) is 10.4. The minimum atomic E-state index is -0.245. The summed E-state index contributed by atoms with van der Waals surface area (Å²) < 4.78 is 5.25. The Hall–Kier alpha value is -0.790. The van der Waals surface area contributed by atoms with Gasteiger partial charge in [-0.25, -0.2) is 4.79 Å². The molecular weight excluding hydrogens is 272 g/mol. The lowest BCUT2D eigenvalue weighted by Crippen LogP contribution is -2.11. The highest BCUT2D eigenvalue weighted by Crippen LogP contribution is 2.21. The Morgan fingerprint density at radius 2 is 1.41 bits per heavy atom. The van der Waals surface area contributed by atoms with E-state index in [4.69, 9.17) is 4.74 Å². The highest BCUT2D eigenvalue weighted by atomic mass is 16.5. The first-order valence-corrected chi connectivity index (χ1v) is 9.44. The molecule has 0 aromatic rings. The van der Waals surface area contributed by atoms with Crippen LogP contribution in [0.2, 0.25) is 0 Å². The van der Waals surface area contributed by atoms with E-state index in [1.54, 1.807) is 6.92 Å². The van der Waals surface area contributed by atoms with Crippen molar-refractivity contribution >= 4 is 5.97 Å². The van der Waals surface area contributed by atoms with E-state index < -0.39 is 0 Å². The molecule has 0 radical (unpaired) electrons. The molecule has 130 valence electrons. The molecule has 0 aliphatic rings. The van der Waals surface area contributed by atoms with E-state index >= 15 is 0 Å². The zero-order valence-corrected chi connectivity index (χ0v) is 15.3. The van der Waals surface area contributed by atoms with E-state index in [2.05, 4.69) is 20.4 Å². The minimum absolute atomic E-state index is 0.245. The van der Waals surface area contributed by atoms with Crippen LogP contribution < -0.4 is 0 Å². The number of ether oxygens (including phenoxy) is 1. The van der Waals surface area contributed by atoms with E-state index in [1.165, 1.54) is 70.6 Å². The second-order valence-electron chi connectivity index (χ2n) is 6.62. The van der Waals surface area contributed by atoms with Gasteiger partial charge in [-0.05, 0) is 19.3 Å². The SMILES string of the molecule is C=C(C)C(=O)OCCC(CCCC)CCCCCCCCC. The van der Waals surface area contributed by atoms with Crippen LogP contribution in [0.25, 0.3) is 0 Å². The summed E-state index contributed by atoms with van der Waals surface area (Å²) in [5.41, 5.74) is 0.497. The summed E-state index contributed by atoms with van der Waals surface area (Å²) in [4.78, 5) is 11.4. The van der Waals surface area contributed by atoms with Gasteiger partial charge in [0.15, 0.2) is 0 Å². The second-order valence-corrected chi connectivity index (χ2v) is 6.62. The van der Waals surface area contributed by atoms with Crippen LogP contribution in [0, 0.1) is 5.92 Å². The number of carbonyl (C=O) groups excluding carboxylic acids is 1. The van der Waals surface area contributed by atoms with Crippen LogP contribution in [0.1, 0.15) is 97.8 Å². The minimum Gasteiger partial charge on any atom is -0.462 e. The van der Waals surface area contributed by atoms with Gasteiger partial charge >= 0.3 is 5.97 Å². The van der Waals surface area contributed by atoms with Gasteiger partial charge in [-0.15, -0.1) is 0 Å². The quantitative estimate of drug-likeness (QED) is 0.197. The number of hydrogen-bond acceptors (Lipinski definition) is 2. The van der Waals surface area contributed by atoms with Gasteiger partial charge in [-0.2, -0.15) is 0 Å². The molecule has 2 heteroatoms. The first-order valence-electron chi connectivity index (χ1n) is 9.44. The fourth-order valence-electron chi connectivity index (χ4n) is 2.76. The fraction of sp³-hybridized carbons (Fsp3) is 0.850. The Morgan fingerprint density at radius 3 is 2.00 bits per heavy atom. The van der Waals surface area contributed by atoms with Gasteiger partial charge in [0.2, 0.25) is 0 Å². The molecule has 0 aliphatic heterocycles. The molecule has 0 amide bonds. The Kier molecular flexibility index (Phi) is 14.6. The number of esters is 1. The van der Waals surface area contributed by atoms with Crippen LogP contribution >= 0.6 is 0 Å². The topological polar surface area (TPSA) is 26.3 Å². The van der Waals surface area contributed by atoms with Crippen LogP contribution in [0.4, 0.5) is 0 Å². The van der Waals surface area contributed by atoms with Crippen molar-refractivity contribution in [2.45, 2.75) is 97.8 Å². The molecule has 2 nitrogen and oxygen atoms in total. The third-order valence-electron chi connectivity index (χ3n) is 4.29. The van der Waals surface area contributed by atoms with Crippen molar-refractivity contribution in [1.29, 1.82) is 0 Å². The van der Waals surface area contributed by atoms with Crippen LogP contribution in [0.3, 0.4) is 0 Å². The summed E-state index contributed by atoms with van der Waals surface area (Å²) in [7, 11) is 0. The Labute approximate surface area is 138 Å². The largest absolute Gasteiger partial charge is 0.462 e. The average molecular weight is 311 g/mol. The van der Waals surface area contributed by atoms with Crippen molar-refractivity contribution in [3.63, 3.8) is 0 Å². The molecule has 1 unspecified atom stereocenters. The third kappa shape index (κ3) is 12.9.